The van der Waals surface area contributed by atoms with Crippen molar-refractivity contribution in [3.63, 3.8) is 0 Å². The van der Waals surface area contributed by atoms with Crippen LogP contribution in [0.1, 0.15) is 70.6 Å². The Balaban J connectivity index is 2.05. The van der Waals surface area contributed by atoms with Crippen molar-refractivity contribution in [2.24, 2.45) is 11.3 Å². The number of piperidine rings is 2. The van der Waals surface area contributed by atoms with Gasteiger partial charge in [-0.05, 0) is 0 Å². The van der Waals surface area contributed by atoms with E-state index in [9.17, 15) is 0 Å². The topological polar surface area (TPSA) is 15.7 Å². The van der Waals surface area contributed by atoms with Gasteiger partial charge in [-0.2, -0.15) is 0 Å². The van der Waals surface area contributed by atoms with Gasteiger partial charge < -0.3 is 0 Å². The number of aryl methyl sites for hydroxylation is 2. The van der Waals surface area contributed by atoms with Crippen LogP contribution in [0.25, 0.3) is 0 Å². The van der Waals surface area contributed by atoms with Crippen molar-refractivity contribution in [1.29, 1.82) is 0 Å². The molecule has 2 aromatic carbocycles. The van der Waals surface area contributed by atoms with Crippen molar-refractivity contribution < 1.29 is 16.6 Å². The van der Waals surface area contributed by atoms with E-state index in [1.807, 2.05) is 18.2 Å². The summed E-state index contributed by atoms with van der Waals surface area (Å²) in [5.74, 6) is 1.36. The Bertz CT molecular complexity index is 1260. The number of anilines is 2. The number of rotatable bonds is 5. The minimum atomic E-state index is -3.52. The number of ether oxygens (including phenoxy) is 1. The number of para-hydroxylation sites is 1. The number of benzene rings is 2. The second kappa shape index (κ2) is 9.83. The van der Waals surface area contributed by atoms with Gasteiger partial charge in [0.25, 0.3) is 0 Å². The standard InChI is InChI=1S/C20H30N2.C10H12O.2ClH.Ru/c1-14-10-17(21(6)7)11-15(2)18(14)22-13-19(4)8-9-20(22,5)12-16(19)3;1-8(2)11-10-7-5-4-6-9(10)3;;;/h10-11,16H,8-9,12H2,1-7H3;3-8H,1-2H3;2*1H;/q;;;;-2/p-2. The molecule has 0 spiro atoms. The van der Waals surface area contributed by atoms with Gasteiger partial charge in [0.2, 0.25) is 0 Å². The predicted molar refractivity (Wildman–Crippen MR) is 156 cm³/mol. The van der Waals surface area contributed by atoms with Gasteiger partial charge >= 0.3 is 230 Å². The molecule has 3 fully saturated rings. The first-order chi connectivity index (χ1) is 16.7. The Morgan fingerprint density at radius 1 is 1.08 bits per heavy atom. The molecule has 204 valence electrons. The normalized spacial score (nSPS) is 26.4. The Kier molecular flexibility index (Phi) is 7.59. The maximum atomic E-state index is 7.64. The summed E-state index contributed by atoms with van der Waals surface area (Å²) >= 11 is -3.52. The molecule has 2 heterocycles. The summed E-state index contributed by atoms with van der Waals surface area (Å²) < 4.78 is 9.57. The van der Waals surface area contributed by atoms with E-state index in [2.05, 4.69) is 95.2 Å². The van der Waals surface area contributed by atoms with Gasteiger partial charge in [-0.3, -0.25) is 0 Å². The molecule has 3 atom stereocenters. The third-order valence-electron chi connectivity index (χ3n) is 8.16. The van der Waals surface area contributed by atoms with Crippen molar-refractivity contribution in [3.8, 4) is 5.75 Å². The van der Waals surface area contributed by atoms with Gasteiger partial charge in [-0.15, -0.1) is 0 Å². The van der Waals surface area contributed by atoms with Crippen molar-refractivity contribution in [2.75, 3.05) is 23.9 Å². The van der Waals surface area contributed by atoms with E-state index >= 15 is 0 Å². The molecule has 2 aliphatic heterocycles. The fourth-order valence-electron chi connectivity index (χ4n) is 6.15. The van der Waals surface area contributed by atoms with Crippen LogP contribution in [0.4, 0.5) is 11.4 Å². The Labute approximate surface area is 228 Å². The van der Waals surface area contributed by atoms with Crippen LogP contribution in [0.2, 0.25) is 0 Å². The van der Waals surface area contributed by atoms with Crippen LogP contribution in [0.15, 0.2) is 36.4 Å². The van der Waals surface area contributed by atoms with Crippen LogP contribution in [0.5, 0.6) is 5.75 Å². The molecule has 0 radical (unpaired) electrons. The van der Waals surface area contributed by atoms with E-state index in [0.717, 1.165) is 30.6 Å². The SMILES string of the molecule is Cc1cc(N(C)C)cc(C)c1N1[C](=[Ru-4]([Cl])([Cl])=[CH]c2ccccc2OC(C)C)C2(C)CCC1(C)CC2C. The van der Waals surface area contributed by atoms with Crippen molar-refractivity contribution in [3.05, 3.63) is 53.1 Å². The number of nitrogens with zero attached hydrogens (tertiary/aromatic N) is 2. The first kappa shape index (κ1) is 27.8. The third-order valence-corrected chi connectivity index (χ3v) is 14.2. The predicted octanol–water partition coefficient (Wildman–Crippen LogP) is 8.00. The van der Waals surface area contributed by atoms with Gasteiger partial charge in [0.05, 0.1) is 0 Å². The quantitative estimate of drug-likeness (QED) is 0.316. The fourth-order valence-corrected chi connectivity index (χ4v) is 14.1. The molecule has 3 aliphatic rings. The van der Waals surface area contributed by atoms with Crippen LogP contribution in [0.3, 0.4) is 0 Å². The summed E-state index contributed by atoms with van der Waals surface area (Å²) in [4.78, 5) is 4.78. The van der Waals surface area contributed by atoms with Crippen LogP contribution >= 0.6 is 19.4 Å². The molecule has 1 saturated carbocycles. The molecular formula is C30H42Cl2N2ORu-4. The Morgan fingerprint density at radius 2 is 1.69 bits per heavy atom. The van der Waals surface area contributed by atoms with Crippen molar-refractivity contribution >= 4 is 39.6 Å². The first-order valence-electron chi connectivity index (χ1n) is 12.9. The van der Waals surface area contributed by atoms with Gasteiger partial charge in [-0.25, -0.2) is 0 Å². The molecular weight excluding hydrogens is 576 g/mol. The molecule has 5 rings (SSSR count). The molecule has 2 saturated heterocycles. The fraction of sp³-hybridized carbons (Fsp3) is 0.533. The second-order valence-corrected chi connectivity index (χ2v) is 21.0. The van der Waals surface area contributed by atoms with E-state index in [-0.39, 0.29) is 17.1 Å². The molecule has 2 aromatic rings. The van der Waals surface area contributed by atoms with E-state index < -0.39 is 11.9 Å². The summed E-state index contributed by atoms with van der Waals surface area (Å²) in [6.07, 6.45) is 3.47. The summed E-state index contributed by atoms with van der Waals surface area (Å²) in [6.45, 7) is 15.8. The average Bonchev–Trinajstić information content (AvgIpc) is 2.75. The Morgan fingerprint density at radius 3 is 2.25 bits per heavy atom. The molecule has 0 N–H and O–H groups in total. The zero-order valence-electron chi connectivity index (χ0n) is 23.2. The van der Waals surface area contributed by atoms with Gasteiger partial charge in [0, 0.05) is 0 Å². The second-order valence-electron chi connectivity index (χ2n) is 11.7. The summed E-state index contributed by atoms with van der Waals surface area (Å²) in [5, 5.41) is 0. The molecule has 3 unspecified atom stereocenters. The number of hydrogen-bond acceptors (Lipinski definition) is 3. The molecule has 3 nitrogen and oxygen atoms in total. The van der Waals surface area contributed by atoms with E-state index in [1.165, 1.54) is 26.7 Å². The van der Waals surface area contributed by atoms with Crippen molar-refractivity contribution in [1.82, 2.24) is 0 Å². The zero-order valence-corrected chi connectivity index (χ0v) is 26.5. The van der Waals surface area contributed by atoms with Crippen LogP contribution in [-0.4, -0.2) is 34.6 Å². The van der Waals surface area contributed by atoms with Crippen LogP contribution < -0.4 is 14.5 Å². The van der Waals surface area contributed by atoms with Crippen LogP contribution in [-0.2, 0) is 11.9 Å². The molecule has 1 aliphatic carbocycles. The van der Waals surface area contributed by atoms with Gasteiger partial charge in [0.15, 0.2) is 0 Å². The van der Waals surface area contributed by atoms with E-state index in [4.69, 9.17) is 24.1 Å². The maximum absolute atomic E-state index is 7.64. The Hall–Kier alpha value is -1.22. The molecule has 36 heavy (non-hydrogen) atoms. The molecule has 0 aromatic heterocycles. The number of hydrogen-bond donors (Lipinski definition) is 0. The first-order valence-corrected chi connectivity index (χ1v) is 19.2. The zero-order chi connectivity index (χ0) is 26.6. The molecule has 0 amide bonds. The molecule has 6 heteroatoms. The van der Waals surface area contributed by atoms with Crippen molar-refractivity contribution in [2.45, 2.75) is 79.4 Å². The van der Waals surface area contributed by atoms with E-state index in [1.54, 1.807) is 0 Å². The average molecular weight is 619 g/mol. The molecule has 2 bridgehead atoms. The summed E-state index contributed by atoms with van der Waals surface area (Å²) in [5.41, 5.74) is 5.98. The minimum absolute atomic E-state index is 0.0146. The number of halogens is 2. The van der Waals surface area contributed by atoms with Crippen LogP contribution in [0, 0.1) is 25.2 Å². The third kappa shape index (κ3) is 4.83. The van der Waals surface area contributed by atoms with Gasteiger partial charge in [-0.1, -0.05) is 0 Å². The number of fused-ring (bicyclic) bond motifs is 3. The van der Waals surface area contributed by atoms with E-state index in [0.29, 0.717) is 5.92 Å². The van der Waals surface area contributed by atoms with Gasteiger partial charge in [0.1, 0.15) is 0 Å². The summed E-state index contributed by atoms with van der Waals surface area (Å²) in [6, 6.07) is 12.7. The monoisotopic (exact) mass is 618 g/mol. The summed E-state index contributed by atoms with van der Waals surface area (Å²) in [7, 11) is 19.5.